The number of aromatic nitrogens is 1. The van der Waals surface area contributed by atoms with Crippen molar-refractivity contribution < 1.29 is 22.1 Å². The molecule has 0 radical (unpaired) electrons. The molecular weight excluding hydrogens is 381 g/mol. The number of nitrogens with zero attached hydrogens (tertiary/aromatic N) is 2. The molecule has 10 heteroatoms. The lowest BCUT2D eigenvalue weighted by Gasteiger charge is -2.13. The Kier molecular flexibility index (Phi) is 5.25. The average molecular weight is 392 g/mol. The molecule has 3 rings (SSSR count). The third-order valence-corrected chi connectivity index (χ3v) is 4.18. The smallest absolute Gasteiger partial charge is 0.586 e. The quantitative estimate of drug-likeness (QED) is 0.618. The maximum absolute atomic E-state index is 12.4. The molecule has 3 aromatic rings. The van der Waals surface area contributed by atoms with E-state index >= 15 is 0 Å². The molecule has 1 aromatic heterocycles. The maximum Gasteiger partial charge on any atom is 0.598 e. The molecule has 0 saturated carbocycles. The maximum atomic E-state index is 12.4. The lowest BCUT2D eigenvalue weighted by molar-refractivity contribution is -0.0428. The molecule has 0 aliphatic heterocycles. The van der Waals surface area contributed by atoms with Crippen LogP contribution in [0.15, 0.2) is 59.1 Å². The molecule has 27 heavy (non-hydrogen) atoms. The Bertz CT molecular complexity index is 967. The first-order valence-corrected chi connectivity index (χ1v) is 8.59. The van der Waals surface area contributed by atoms with Gasteiger partial charge in [0.05, 0.1) is 23.5 Å². The highest BCUT2D eigenvalue weighted by Crippen LogP contribution is 2.28. The van der Waals surface area contributed by atoms with Crippen LogP contribution in [0.1, 0.15) is 5.56 Å². The standard InChI is InChI=1S/C17H11F3N4O2S/c18-17(19,20)27(25)24-14-3-1-2-13(8-14)23-16-22-10-15(26-16)12-6-4-11(9-21)5-7-12/h1-8,10,24H,(H,22,23). The Labute approximate surface area is 155 Å². The molecule has 6 nitrogen and oxygen atoms in total. The van der Waals surface area contributed by atoms with Crippen LogP contribution in [0.4, 0.5) is 30.6 Å². The van der Waals surface area contributed by atoms with Gasteiger partial charge in [-0.05, 0) is 42.5 Å². The Morgan fingerprint density at radius 1 is 1.11 bits per heavy atom. The summed E-state index contributed by atoms with van der Waals surface area (Å²) in [5.41, 5.74) is -3.22. The van der Waals surface area contributed by atoms with Crippen LogP contribution in [-0.2, 0) is 11.4 Å². The fourth-order valence-electron chi connectivity index (χ4n) is 2.12. The topological polar surface area (TPSA) is 96.9 Å². The Balaban J connectivity index is 1.72. The van der Waals surface area contributed by atoms with Crippen LogP contribution >= 0.6 is 0 Å². The van der Waals surface area contributed by atoms with Gasteiger partial charge in [0.2, 0.25) is 0 Å². The minimum atomic E-state index is -4.86. The van der Waals surface area contributed by atoms with Crippen molar-refractivity contribution in [2.45, 2.75) is 5.51 Å². The van der Waals surface area contributed by atoms with Gasteiger partial charge in [0.15, 0.2) is 17.1 Å². The molecule has 1 unspecified atom stereocenters. The predicted molar refractivity (Wildman–Crippen MR) is 94.2 cm³/mol. The largest absolute Gasteiger partial charge is 0.598 e. The Morgan fingerprint density at radius 2 is 1.81 bits per heavy atom. The van der Waals surface area contributed by atoms with E-state index in [-0.39, 0.29) is 11.7 Å². The highest BCUT2D eigenvalue weighted by atomic mass is 32.2. The van der Waals surface area contributed by atoms with Crippen molar-refractivity contribution in [3.63, 3.8) is 0 Å². The second kappa shape index (κ2) is 7.61. The van der Waals surface area contributed by atoms with Gasteiger partial charge in [-0.1, -0.05) is 6.07 Å². The van der Waals surface area contributed by atoms with E-state index in [0.717, 1.165) is 0 Å². The van der Waals surface area contributed by atoms with Gasteiger partial charge in [-0.3, -0.25) is 0 Å². The van der Waals surface area contributed by atoms with Crippen molar-refractivity contribution in [1.29, 1.82) is 5.26 Å². The van der Waals surface area contributed by atoms with E-state index < -0.39 is 16.9 Å². The second-order valence-electron chi connectivity index (χ2n) is 5.24. The Morgan fingerprint density at radius 3 is 2.48 bits per heavy atom. The van der Waals surface area contributed by atoms with E-state index in [9.17, 15) is 17.7 Å². The number of nitriles is 1. The summed E-state index contributed by atoms with van der Waals surface area (Å²) < 4.78 is 55.7. The van der Waals surface area contributed by atoms with E-state index in [2.05, 4.69) is 10.3 Å². The lowest BCUT2D eigenvalue weighted by atomic mass is 10.1. The fraction of sp³-hybridized carbons (Fsp3) is 0.0588. The van der Waals surface area contributed by atoms with Gasteiger partial charge in [-0.15, -0.1) is 13.2 Å². The summed E-state index contributed by atoms with van der Waals surface area (Å²) >= 11 is -3.21. The SMILES string of the molecule is N#Cc1ccc(-c2cnc(Nc3cccc(N[S+]([O-])C(F)(F)F)c3)o2)cc1. The number of halogens is 3. The van der Waals surface area contributed by atoms with Crippen molar-refractivity contribution in [1.82, 2.24) is 4.98 Å². The molecule has 1 atom stereocenters. The van der Waals surface area contributed by atoms with Gasteiger partial charge < -0.3 is 14.3 Å². The van der Waals surface area contributed by atoms with E-state index in [1.54, 1.807) is 30.3 Å². The van der Waals surface area contributed by atoms with Crippen molar-refractivity contribution in [2.24, 2.45) is 0 Å². The first-order valence-electron chi connectivity index (χ1n) is 7.44. The van der Waals surface area contributed by atoms with Crippen LogP contribution < -0.4 is 10.0 Å². The van der Waals surface area contributed by atoms with Crippen LogP contribution in [0.3, 0.4) is 0 Å². The number of anilines is 3. The molecule has 0 spiro atoms. The molecule has 0 aliphatic rings. The molecular formula is C17H11F3N4O2S. The number of hydrogen-bond acceptors (Lipinski definition) is 6. The zero-order chi connectivity index (χ0) is 19.4. The summed E-state index contributed by atoms with van der Waals surface area (Å²) in [5, 5.41) is 11.6. The van der Waals surface area contributed by atoms with Gasteiger partial charge in [0, 0.05) is 11.3 Å². The predicted octanol–water partition coefficient (Wildman–Crippen LogP) is 4.55. The first-order chi connectivity index (χ1) is 12.8. The molecule has 2 aromatic carbocycles. The summed E-state index contributed by atoms with van der Waals surface area (Å²) in [5.74, 6) is 0.453. The zero-order valence-corrected chi connectivity index (χ0v) is 14.3. The molecule has 1 heterocycles. The number of nitrogens with one attached hydrogen (secondary N) is 2. The number of rotatable bonds is 5. The van der Waals surface area contributed by atoms with Gasteiger partial charge in [0.1, 0.15) is 0 Å². The number of hydrogen-bond donors (Lipinski definition) is 2. The molecule has 0 amide bonds. The van der Waals surface area contributed by atoms with Crippen molar-refractivity contribution >= 4 is 28.8 Å². The van der Waals surface area contributed by atoms with Gasteiger partial charge in [-0.25, -0.2) is 9.71 Å². The van der Waals surface area contributed by atoms with E-state index in [1.165, 1.54) is 24.4 Å². The van der Waals surface area contributed by atoms with E-state index in [4.69, 9.17) is 9.68 Å². The number of oxazole rings is 1. The molecule has 0 saturated heterocycles. The van der Waals surface area contributed by atoms with Crippen LogP contribution in [0.25, 0.3) is 11.3 Å². The number of alkyl halides is 3. The molecule has 0 aliphatic carbocycles. The minimum Gasteiger partial charge on any atom is -0.586 e. The minimum absolute atomic E-state index is 0.0227. The van der Waals surface area contributed by atoms with Gasteiger partial charge in [-0.2, -0.15) is 5.26 Å². The van der Waals surface area contributed by atoms with Crippen molar-refractivity contribution in [3.8, 4) is 17.4 Å². The summed E-state index contributed by atoms with van der Waals surface area (Å²) in [6, 6.07) is 14.6. The monoisotopic (exact) mass is 392 g/mol. The summed E-state index contributed by atoms with van der Waals surface area (Å²) in [4.78, 5) is 4.06. The summed E-state index contributed by atoms with van der Waals surface area (Å²) in [6.07, 6.45) is 1.48. The normalized spacial score (nSPS) is 12.3. The Hall–Kier alpha value is -3.16. The highest BCUT2D eigenvalue weighted by Gasteiger charge is 2.46. The highest BCUT2D eigenvalue weighted by molar-refractivity contribution is 7.93. The fourth-order valence-corrected chi connectivity index (χ4v) is 2.58. The van der Waals surface area contributed by atoms with Crippen LogP contribution in [0.5, 0.6) is 0 Å². The number of benzene rings is 2. The summed E-state index contributed by atoms with van der Waals surface area (Å²) in [6.45, 7) is 0. The van der Waals surface area contributed by atoms with Crippen molar-refractivity contribution in [3.05, 3.63) is 60.3 Å². The molecule has 0 bridgehead atoms. The third-order valence-electron chi connectivity index (χ3n) is 3.34. The molecule has 2 N–H and O–H groups in total. The van der Waals surface area contributed by atoms with Crippen LogP contribution in [-0.4, -0.2) is 15.0 Å². The van der Waals surface area contributed by atoms with E-state index in [0.29, 0.717) is 22.6 Å². The summed E-state index contributed by atoms with van der Waals surface area (Å²) in [7, 11) is 0. The van der Waals surface area contributed by atoms with Crippen LogP contribution in [0.2, 0.25) is 0 Å². The first kappa shape index (κ1) is 18.6. The zero-order valence-electron chi connectivity index (χ0n) is 13.4. The van der Waals surface area contributed by atoms with Crippen molar-refractivity contribution in [2.75, 3.05) is 10.0 Å². The van der Waals surface area contributed by atoms with Gasteiger partial charge in [0.25, 0.3) is 6.01 Å². The van der Waals surface area contributed by atoms with E-state index in [1.807, 2.05) is 10.8 Å². The average Bonchev–Trinajstić information content (AvgIpc) is 3.10. The lowest BCUT2D eigenvalue weighted by Crippen LogP contribution is -2.29. The molecule has 138 valence electrons. The van der Waals surface area contributed by atoms with Crippen LogP contribution in [0, 0.1) is 11.3 Å². The van der Waals surface area contributed by atoms with Gasteiger partial charge >= 0.3 is 5.51 Å². The second-order valence-corrected chi connectivity index (χ2v) is 6.45. The third kappa shape index (κ3) is 4.72. The molecule has 0 fully saturated rings.